The fourth-order valence-electron chi connectivity index (χ4n) is 1.57. The molecule has 0 radical (unpaired) electrons. The van der Waals surface area contributed by atoms with E-state index in [0.29, 0.717) is 18.4 Å². The highest BCUT2D eigenvalue weighted by molar-refractivity contribution is 4.75. The van der Waals surface area contributed by atoms with Gasteiger partial charge in [-0.05, 0) is 31.8 Å². The molecule has 2 nitrogen and oxygen atoms in total. The molecule has 0 amide bonds. The van der Waals surface area contributed by atoms with Crippen molar-refractivity contribution in [2.45, 2.75) is 13.3 Å². The quantitative estimate of drug-likeness (QED) is 0.580. The molecule has 1 rings (SSSR count). The van der Waals surface area contributed by atoms with Crippen LogP contribution in [0.1, 0.15) is 13.3 Å². The Hall–Kier alpha value is -0.0800. The van der Waals surface area contributed by atoms with Crippen LogP contribution in [0.5, 0.6) is 0 Å². The monoisotopic (exact) mass is 143 g/mol. The Morgan fingerprint density at radius 1 is 1.60 bits per heavy atom. The third-order valence-electron chi connectivity index (χ3n) is 2.55. The van der Waals surface area contributed by atoms with Crippen LogP contribution in [-0.2, 0) is 0 Å². The zero-order valence-corrected chi connectivity index (χ0v) is 6.88. The fourth-order valence-corrected chi connectivity index (χ4v) is 1.57. The minimum absolute atomic E-state index is 0.353. The highest BCUT2D eigenvalue weighted by atomic mass is 16.3. The summed E-state index contributed by atoms with van der Waals surface area (Å²) in [5.41, 5.74) is 0. The number of aliphatic hydroxyl groups is 1. The summed E-state index contributed by atoms with van der Waals surface area (Å²) in [7, 11) is 2.12. The Labute approximate surface area is 62.8 Å². The van der Waals surface area contributed by atoms with Gasteiger partial charge in [-0.3, -0.25) is 0 Å². The molecule has 1 N–H and O–H groups in total. The van der Waals surface area contributed by atoms with Crippen molar-refractivity contribution in [3.05, 3.63) is 0 Å². The van der Waals surface area contributed by atoms with Crippen molar-refractivity contribution in [3.8, 4) is 0 Å². The van der Waals surface area contributed by atoms with E-state index in [1.165, 1.54) is 13.0 Å². The maximum absolute atomic E-state index is 8.95. The lowest BCUT2D eigenvalue weighted by Gasteiger charge is -2.33. The van der Waals surface area contributed by atoms with Crippen LogP contribution in [0.25, 0.3) is 0 Å². The highest BCUT2D eigenvalue weighted by Crippen LogP contribution is 2.20. The number of rotatable bonds is 1. The average molecular weight is 143 g/mol. The van der Waals surface area contributed by atoms with E-state index in [1.54, 1.807) is 0 Å². The van der Waals surface area contributed by atoms with Crippen molar-refractivity contribution in [1.29, 1.82) is 0 Å². The predicted molar refractivity (Wildman–Crippen MR) is 41.9 cm³/mol. The van der Waals surface area contributed by atoms with Crippen molar-refractivity contribution in [2.24, 2.45) is 11.8 Å². The Balaban J connectivity index is 2.38. The summed E-state index contributed by atoms with van der Waals surface area (Å²) in [4.78, 5) is 2.29. The second kappa shape index (κ2) is 3.35. The molecule has 0 saturated carbocycles. The summed E-state index contributed by atoms with van der Waals surface area (Å²) in [6.45, 7) is 4.84. The number of likely N-dealkylation sites (tertiary alicyclic amines) is 1. The van der Waals surface area contributed by atoms with Gasteiger partial charge >= 0.3 is 0 Å². The van der Waals surface area contributed by atoms with Crippen molar-refractivity contribution in [1.82, 2.24) is 4.90 Å². The molecule has 0 aromatic carbocycles. The molecular formula is C8H17NO. The van der Waals surface area contributed by atoms with Crippen LogP contribution in [0.15, 0.2) is 0 Å². The molecule has 1 aliphatic heterocycles. The minimum atomic E-state index is 0.353. The van der Waals surface area contributed by atoms with Gasteiger partial charge in [0.2, 0.25) is 0 Å². The van der Waals surface area contributed by atoms with Gasteiger partial charge in [0, 0.05) is 13.2 Å². The van der Waals surface area contributed by atoms with Crippen molar-refractivity contribution >= 4 is 0 Å². The molecule has 60 valence electrons. The lowest BCUT2D eigenvalue weighted by atomic mass is 9.88. The maximum atomic E-state index is 8.95. The van der Waals surface area contributed by atoms with Crippen LogP contribution >= 0.6 is 0 Å². The van der Waals surface area contributed by atoms with Gasteiger partial charge in [-0.1, -0.05) is 6.92 Å². The van der Waals surface area contributed by atoms with E-state index in [0.717, 1.165) is 6.54 Å². The normalized spacial score (nSPS) is 36.3. The largest absolute Gasteiger partial charge is 0.396 e. The van der Waals surface area contributed by atoms with E-state index in [-0.39, 0.29) is 0 Å². The first kappa shape index (κ1) is 8.02. The molecular weight excluding hydrogens is 126 g/mol. The molecule has 0 bridgehead atoms. The van der Waals surface area contributed by atoms with E-state index in [1.807, 2.05) is 0 Å². The molecule has 1 fully saturated rings. The first-order valence-electron chi connectivity index (χ1n) is 4.03. The van der Waals surface area contributed by atoms with Gasteiger partial charge in [0.1, 0.15) is 0 Å². The van der Waals surface area contributed by atoms with Crippen molar-refractivity contribution < 1.29 is 5.11 Å². The van der Waals surface area contributed by atoms with Gasteiger partial charge in [-0.15, -0.1) is 0 Å². The topological polar surface area (TPSA) is 23.5 Å². The number of aliphatic hydroxyl groups excluding tert-OH is 1. The van der Waals surface area contributed by atoms with Gasteiger partial charge in [0.05, 0.1) is 0 Å². The number of nitrogens with zero attached hydrogens (tertiary/aromatic N) is 1. The van der Waals surface area contributed by atoms with Gasteiger partial charge in [-0.25, -0.2) is 0 Å². The third-order valence-corrected chi connectivity index (χ3v) is 2.55. The van der Waals surface area contributed by atoms with Gasteiger partial charge in [0.15, 0.2) is 0 Å². The third kappa shape index (κ3) is 1.70. The van der Waals surface area contributed by atoms with Crippen molar-refractivity contribution in [3.63, 3.8) is 0 Å². The molecule has 2 atom stereocenters. The molecule has 1 saturated heterocycles. The van der Waals surface area contributed by atoms with E-state index in [4.69, 9.17) is 5.11 Å². The summed E-state index contributed by atoms with van der Waals surface area (Å²) in [5.74, 6) is 1.22. The predicted octanol–water partition coefficient (Wildman–Crippen LogP) is 0.567. The summed E-state index contributed by atoms with van der Waals surface area (Å²) in [6, 6.07) is 0. The summed E-state index contributed by atoms with van der Waals surface area (Å²) in [6.07, 6.45) is 1.24. The van der Waals surface area contributed by atoms with Crippen LogP contribution in [-0.4, -0.2) is 36.8 Å². The van der Waals surface area contributed by atoms with Crippen LogP contribution in [0.4, 0.5) is 0 Å². The fraction of sp³-hybridized carbons (Fsp3) is 1.00. The Bertz CT molecular complexity index is 105. The first-order chi connectivity index (χ1) is 4.74. The highest BCUT2D eigenvalue weighted by Gasteiger charge is 2.22. The smallest absolute Gasteiger partial charge is 0.0474 e. The van der Waals surface area contributed by atoms with E-state index < -0.39 is 0 Å². The number of piperidine rings is 1. The molecule has 0 spiro atoms. The van der Waals surface area contributed by atoms with Crippen LogP contribution in [0, 0.1) is 11.8 Å². The van der Waals surface area contributed by atoms with Crippen LogP contribution < -0.4 is 0 Å². The van der Waals surface area contributed by atoms with Crippen LogP contribution in [0.3, 0.4) is 0 Å². The van der Waals surface area contributed by atoms with E-state index in [9.17, 15) is 0 Å². The molecule has 1 heterocycles. The molecule has 2 unspecified atom stereocenters. The zero-order valence-electron chi connectivity index (χ0n) is 6.88. The zero-order chi connectivity index (χ0) is 7.56. The summed E-state index contributed by atoms with van der Waals surface area (Å²) < 4.78 is 0. The standard InChI is InChI=1S/C8H17NO/c1-7-3-4-9(2)5-8(7)6-10/h7-8,10H,3-6H2,1-2H3. The number of hydrogen-bond acceptors (Lipinski definition) is 2. The molecule has 0 aromatic heterocycles. The first-order valence-corrected chi connectivity index (χ1v) is 4.03. The average Bonchev–Trinajstić information content (AvgIpc) is 1.94. The molecule has 1 aliphatic rings. The summed E-state index contributed by atoms with van der Waals surface area (Å²) in [5, 5.41) is 8.95. The molecule has 0 aromatic rings. The SMILES string of the molecule is CC1CCN(C)CC1CO. The van der Waals surface area contributed by atoms with Gasteiger partial charge in [-0.2, -0.15) is 0 Å². The Morgan fingerprint density at radius 3 is 2.80 bits per heavy atom. The second-order valence-corrected chi connectivity index (χ2v) is 3.47. The van der Waals surface area contributed by atoms with Crippen molar-refractivity contribution in [2.75, 3.05) is 26.7 Å². The Kier molecular flexibility index (Phi) is 2.69. The van der Waals surface area contributed by atoms with Crippen LogP contribution in [0.2, 0.25) is 0 Å². The van der Waals surface area contributed by atoms with E-state index >= 15 is 0 Å². The molecule has 10 heavy (non-hydrogen) atoms. The molecule has 2 heteroatoms. The Morgan fingerprint density at radius 2 is 2.30 bits per heavy atom. The van der Waals surface area contributed by atoms with Gasteiger partial charge < -0.3 is 10.0 Å². The lowest BCUT2D eigenvalue weighted by molar-refractivity contribution is 0.0952. The van der Waals surface area contributed by atoms with E-state index in [2.05, 4.69) is 18.9 Å². The minimum Gasteiger partial charge on any atom is -0.396 e. The van der Waals surface area contributed by atoms with Gasteiger partial charge in [0.25, 0.3) is 0 Å². The maximum Gasteiger partial charge on any atom is 0.0474 e. The number of hydrogen-bond donors (Lipinski definition) is 1. The summed E-state index contributed by atoms with van der Waals surface area (Å²) >= 11 is 0. The second-order valence-electron chi connectivity index (χ2n) is 3.47. The lowest BCUT2D eigenvalue weighted by Crippen LogP contribution is -2.38. The molecule has 0 aliphatic carbocycles.